The molecule has 0 saturated carbocycles. The van der Waals surface area contributed by atoms with E-state index in [-0.39, 0.29) is 18.5 Å². The van der Waals surface area contributed by atoms with Crippen molar-refractivity contribution in [3.05, 3.63) is 47.2 Å². The molecule has 2 aromatic heterocycles. The molecule has 0 atom stereocenters. The summed E-state index contributed by atoms with van der Waals surface area (Å²) in [7, 11) is 1.80. The van der Waals surface area contributed by atoms with Crippen LogP contribution in [0.3, 0.4) is 0 Å². The SMILES string of the molecule is Cc1cc(C)c2c(OCC(=O)NCc3cccc(NC(=O)N4CCCC4)c3)nn(C)c2n1. The third kappa shape index (κ3) is 4.82. The van der Waals surface area contributed by atoms with E-state index in [4.69, 9.17) is 4.74 Å². The van der Waals surface area contributed by atoms with Crippen LogP contribution in [-0.4, -0.2) is 51.3 Å². The minimum Gasteiger partial charge on any atom is -0.466 e. The Morgan fingerprint density at radius 2 is 1.94 bits per heavy atom. The first-order valence-electron chi connectivity index (χ1n) is 10.8. The molecule has 3 aromatic rings. The lowest BCUT2D eigenvalue weighted by Crippen LogP contribution is -2.32. The highest BCUT2D eigenvalue weighted by atomic mass is 16.5. The maximum Gasteiger partial charge on any atom is 0.321 e. The third-order valence-electron chi connectivity index (χ3n) is 5.49. The second kappa shape index (κ2) is 9.25. The summed E-state index contributed by atoms with van der Waals surface area (Å²) >= 11 is 0. The number of fused-ring (bicyclic) bond motifs is 1. The van der Waals surface area contributed by atoms with Crippen LogP contribution in [0.1, 0.15) is 29.7 Å². The summed E-state index contributed by atoms with van der Waals surface area (Å²) in [6.07, 6.45) is 2.09. The van der Waals surface area contributed by atoms with Crippen molar-refractivity contribution in [1.29, 1.82) is 0 Å². The molecule has 1 aliphatic rings. The van der Waals surface area contributed by atoms with E-state index in [2.05, 4.69) is 20.7 Å². The van der Waals surface area contributed by atoms with E-state index in [9.17, 15) is 9.59 Å². The van der Waals surface area contributed by atoms with Gasteiger partial charge >= 0.3 is 6.03 Å². The predicted molar refractivity (Wildman–Crippen MR) is 122 cm³/mol. The molecule has 3 heterocycles. The van der Waals surface area contributed by atoms with Crippen LogP contribution in [0.15, 0.2) is 30.3 Å². The van der Waals surface area contributed by atoms with Crippen LogP contribution in [0, 0.1) is 13.8 Å². The van der Waals surface area contributed by atoms with Crippen LogP contribution in [-0.2, 0) is 18.4 Å². The molecule has 1 aliphatic heterocycles. The number of aromatic nitrogens is 3. The van der Waals surface area contributed by atoms with Crippen molar-refractivity contribution in [3.8, 4) is 5.88 Å². The number of carbonyl (C=O) groups is 2. The van der Waals surface area contributed by atoms with Gasteiger partial charge in [-0.05, 0) is 56.0 Å². The van der Waals surface area contributed by atoms with Crippen LogP contribution in [0.25, 0.3) is 11.0 Å². The van der Waals surface area contributed by atoms with Gasteiger partial charge in [-0.1, -0.05) is 12.1 Å². The highest BCUT2D eigenvalue weighted by Gasteiger charge is 2.18. The van der Waals surface area contributed by atoms with Crippen molar-refractivity contribution in [2.24, 2.45) is 7.05 Å². The fraction of sp³-hybridized carbons (Fsp3) is 0.391. The Labute approximate surface area is 186 Å². The largest absolute Gasteiger partial charge is 0.466 e. The Morgan fingerprint density at radius 1 is 1.16 bits per heavy atom. The number of likely N-dealkylation sites (tertiary alicyclic amines) is 1. The van der Waals surface area contributed by atoms with Gasteiger partial charge in [0.05, 0.1) is 5.39 Å². The van der Waals surface area contributed by atoms with Crippen LogP contribution < -0.4 is 15.4 Å². The highest BCUT2D eigenvalue weighted by molar-refractivity contribution is 5.89. The summed E-state index contributed by atoms with van der Waals surface area (Å²) in [5.41, 5.74) is 4.23. The van der Waals surface area contributed by atoms with Crippen LogP contribution in [0.5, 0.6) is 5.88 Å². The van der Waals surface area contributed by atoms with Gasteiger partial charge in [-0.3, -0.25) is 4.79 Å². The summed E-state index contributed by atoms with van der Waals surface area (Å²) in [6.45, 7) is 5.68. The van der Waals surface area contributed by atoms with Gasteiger partial charge in [-0.25, -0.2) is 14.5 Å². The minimum absolute atomic E-state index is 0.0837. The summed E-state index contributed by atoms with van der Waals surface area (Å²) in [4.78, 5) is 30.9. The number of rotatable bonds is 6. The van der Waals surface area contributed by atoms with Gasteiger partial charge in [0.1, 0.15) is 0 Å². The molecule has 9 nitrogen and oxygen atoms in total. The number of pyridine rings is 1. The minimum atomic E-state index is -0.256. The molecule has 1 saturated heterocycles. The first kappa shape index (κ1) is 21.6. The first-order valence-corrected chi connectivity index (χ1v) is 10.8. The number of urea groups is 1. The number of benzene rings is 1. The number of aryl methyl sites for hydroxylation is 3. The summed E-state index contributed by atoms with van der Waals surface area (Å²) < 4.78 is 7.36. The molecule has 32 heavy (non-hydrogen) atoms. The van der Waals surface area contributed by atoms with E-state index >= 15 is 0 Å². The van der Waals surface area contributed by atoms with Crippen LogP contribution in [0.4, 0.5) is 10.5 Å². The number of ether oxygens (including phenoxy) is 1. The Kier molecular flexibility index (Phi) is 6.25. The number of hydrogen-bond donors (Lipinski definition) is 2. The molecule has 1 fully saturated rings. The van der Waals surface area contributed by atoms with Gasteiger partial charge in [0.25, 0.3) is 5.91 Å². The van der Waals surface area contributed by atoms with Crippen molar-refractivity contribution in [2.75, 3.05) is 25.0 Å². The lowest BCUT2D eigenvalue weighted by atomic mass is 10.2. The molecule has 0 aliphatic carbocycles. The average Bonchev–Trinajstić information content (AvgIpc) is 3.40. The molecular formula is C23H28N6O3. The lowest BCUT2D eigenvalue weighted by Gasteiger charge is -2.16. The van der Waals surface area contributed by atoms with E-state index in [0.717, 1.165) is 53.8 Å². The number of hydrogen-bond acceptors (Lipinski definition) is 5. The standard InChI is InChI=1S/C23H28N6O3/c1-15-11-16(2)25-21-20(15)22(27-28(21)3)32-14-19(30)24-13-17-7-6-8-18(12-17)26-23(31)29-9-4-5-10-29/h6-8,11-12H,4-5,9-10,13-14H2,1-3H3,(H,24,30)(H,26,31). The van der Waals surface area contributed by atoms with E-state index in [1.807, 2.05) is 49.1 Å². The molecular weight excluding hydrogens is 408 g/mol. The zero-order chi connectivity index (χ0) is 22.7. The van der Waals surface area contributed by atoms with Crippen molar-refractivity contribution < 1.29 is 14.3 Å². The molecule has 1 aromatic carbocycles. The summed E-state index contributed by atoms with van der Waals surface area (Å²) in [5, 5.41) is 10.9. The number of nitrogens with one attached hydrogen (secondary N) is 2. The zero-order valence-corrected chi connectivity index (χ0v) is 18.6. The second-order valence-electron chi connectivity index (χ2n) is 8.10. The van der Waals surface area contributed by atoms with E-state index in [1.165, 1.54) is 0 Å². The maximum atomic E-state index is 12.3. The van der Waals surface area contributed by atoms with Gasteiger partial charge in [-0.15, -0.1) is 5.10 Å². The van der Waals surface area contributed by atoms with E-state index in [1.54, 1.807) is 11.7 Å². The molecule has 4 rings (SSSR count). The Balaban J connectivity index is 1.32. The second-order valence-corrected chi connectivity index (χ2v) is 8.10. The summed E-state index contributed by atoms with van der Waals surface area (Å²) in [5.74, 6) is 0.141. The van der Waals surface area contributed by atoms with E-state index < -0.39 is 0 Å². The van der Waals surface area contributed by atoms with Gasteiger partial charge in [0, 0.05) is 38.1 Å². The Bertz CT molecular complexity index is 1150. The van der Waals surface area contributed by atoms with Gasteiger partial charge < -0.3 is 20.3 Å². The molecule has 2 N–H and O–H groups in total. The molecule has 9 heteroatoms. The lowest BCUT2D eigenvalue weighted by molar-refractivity contribution is -0.123. The Morgan fingerprint density at radius 3 is 2.72 bits per heavy atom. The van der Waals surface area contributed by atoms with Crippen molar-refractivity contribution in [2.45, 2.75) is 33.2 Å². The van der Waals surface area contributed by atoms with Crippen LogP contribution in [0.2, 0.25) is 0 Å². The number of anilines is 1. The number of carbonyl (C=O) groups excluding carboxylic acids is 2. The van der Waals surface area contributed by atoms with Crippen molar-refractivity contribution in [3.63, 3.8) is 0 Å². The third-order valence-corrected chi connectivity index (χ3v) is 5.49. The molecule has 0 unspecified atom stereocenters. The van der Waals surface area contributed by atoms with Crippen molar-refractivity contribution >= 4 is 28.7 Å². The average molecular weight is 437 g/mol. The van der Waals surface area contributed by atoms with Crippen molar-refractivity contribution in [1.82, 2.24) is 25.0 Å². The topological polar surface area (TPSA) is 101 Å². The quantitative estimate of drug-likeness (QED) is 0.619. The fourth-order valence-corrected chi connectivity index (χ4v) is 3.92. The van der Waals surface area contributed by atoms with Gasteiger partial charge in [0.2, 0.25) is 5.88 Å². The van der Waals surface area contributed by atoms with E-state index in [0.29, 0.717) is 18.1 Å². The number of amides is 3. The maximum absolute atomic E-state index is 12.3. The number of nitrogens with zero attached hydrogens (tertiary/aromatic N) is 4. The molecule has 0 bridgehead atoms. The highest BCUT2D eigenvalue weighted by Crippen LogP contribution is 2.27. The molecule has 0 spiro atoms. The first-order chi connectivity index (χ1) is 15.4. The summed E-state index contributed by atoms with van der Waals surface area (Å²) in [6, 6.07) is 9.34. The monoisotopic (exact) mass is 436 g/mol. The predicted octanol–water partition coefficient (Wildman–Crippen LogP) is 2.91. The van der Waals surface area contributed by atoms with Crippen LogP contribution >= 0.6 is 0 Å². The fourth-order valence-electron chi connectivity index (χ4n) is 3.92. The molecule has 0 radical (unpaired) electrons. The smallest absolute Gasteiger partial charge is 0.321 e. The normalized spacial score (nSPS) is 13.4. The zero-order valence-electron chi connectivity index (χ0n) is 18.6. The molecule has 168 valence electrons. The molecule has 3 amide bonds. The van der Waals surface area contributed by atoms with Gasteiger partial charge in [-0.2, -0.15) is 0 Å². The van der Waals surface area contributed by atoms with Gasteiger partial charge in [0.15, 0.2) is 12.3 Å². The Hall–Kier alpha value is -3.62.